The SMILES string of the molecule is COc1cc(OC(=O)NC(C)C)ccc1-c1ccc2c(c1COC(=O)c1ccc(C)s1)N(C)C(=O)C(C)(C)N2. The van der Waals surface area contributed by atoms with Gasteiger partial charge in [0.25, 0.3) is 5.91 Å². The molecule has 4 rings (SSSR count). The van der Waals surface area contributed by atoms with Crippen LogP contribution in [0.15, 0.2) is 42.5 Å². The van der Waals surface area contributed by atoms with Gasteiger partial charge in [0.1, 0.15) is 28.5 Å². The summed E-state index contributed by atoms with van der Waals surface area (Å²) in [5, 5.41) is 5.99. The molecule has 10 heteroatoms. The van der Waals surface area contributed by atoms with Crippen LogP contribution in [-0.4, -0.2) is 43.7 Å². The van der Waals surface area contributed by atoms with Gasteiger partial charge in [0.05, 0.1) is 18.5 Å². The summed E-state index contributed by atoms with van der Waals surface area (Å²) < 4.78 is 16.8. The number of fused-ring (bicyclic) bond motifs is 1. The Morgan fingerprint density at radius 2 is 1.82 bits per heavy atom. The normalized spacial score (nSPS) is 13.9. The number of carbonyl (C=O) groups is 3. The molecule has 2 heterocycles. The van der Waals surface area contributed by atoms with Crippen molar-refractivity contribution in [2.45, 2.75) is 52.8 Å². The second kappa shape index (κ2) is 11.0. The molecular formula is C29H33N3O6S. The molecular weight excluding hydrogens is 518 g/mol. The van der Waals surface area contributed by atoms with Gasteiger partial charge in [-0.25, -0.2) is 9.59 Å². The summed E-state index contributed by atoms with van der Waals surface area (Å²) in [6.45, 7) is 9.16. The number of hydrogen-bond acceptors (Lipinski definition) is 8. The van der Waals surface area contributed by atoms with Crippen molar-refractivity contribution in [2.24, 2.45) is 0 Å². The van der Waals surface area contributed by atoms with Gasteiger partial charge in [0.2, 0.25) is 0 Å². The average molecular weight is 552 g/mol. The number of methoxy groups -OCH3 is 1. The maximum atomic E-state index is 13.2. The Labute approximate surface area is 232 Å². The molecule has 39 heavy (non-hydrogen) atoms. The van der Waals surface area contributed by atoms with Crippen LogP contribution in [0.5, 0.6) is 11.5 Å². The van der Waals surface area contributed by atoms with Gasteiger partial charge in [0.15, 0.2) is 0 Å². The summed E-state index contributed by atoms with van der Waals surface area (Å²) in [6, 6.07) is 12.4. The Balaban J connectivity index is 1.78. The molecule has 206 valence electrons. The third-order valence-electron chi connectivity index (χ3n) is 6.27. The van der Waals surface area contributed by atoms with Crippen molar-refractivity contribution in [3.05, 3.63) is 57.8 Å². The number of hydrogen-bond donors (Lipinski definition) is 2. The molecule has 0 saturated carbocycles. The van der Waals surface area contributed by atoms with Crippen molar-refractivity contribution in [1.82, 2.24) is 5.32 Å². The number of thiophene rings is 1. The lowest BCUT2D eigenvalue weighted by atomic mass is 9.92. The van der Waals surface area contributed by atoms with Gasteiger partial charge in [-0.3, -0.25) is 4.79 Å². The highest BCUT2D eigenvalue weighted by atomic mass is 32.1. The van der Waals surface area contributed by atoms with Crippen molar-refractivity contribution in [2.75, 3.05) is 24.4 Å². The highest BCUT2D eigenvalue weighted by molar-refractivity contribution is 7.13. The maximum Gasteiger partial charge on any atom is 0.412 e. The summed E-state index contributed by atoms with van der Waals surface area (Å²) in [7, 11) is 3.23. The van der Waals surface area contributed by atoms with Gasteiger partial charge < -0.3 is 29.7 Å². The fourth-order valence-electron chi connectivity index (χ4n) is 4.51. The van der Waals surface area contributed by atoms with E-state index in [0.29, 0.717) is 38.8 Å². The Morgan fingerprint density at radius 1 is 1.10 bits per heavy atom. The number of ether oxygens (including phenoxy) is 3. The number of anilines is 2. The Morgan fingerprint density at radius 3 is 2.46 bits per heavy atom. The first kappa shape index (κ1) is 28.0. The minimum Gasteiger partial charge on any atom is -0.496 e. The zero-order chi connectivity index (χ0) is 28.5. The molecule has 1 aliphatic heterocycles. The number of nitrogens with zero attached hydrogens (tertiary/aromatic N) is 1. The molecule has 0 unspecified atom stereocenters. The minimum atomic E-state index is -0.807. The molecule has 9 nitrogen and oxygen atoms in total. The zero-order valence-corrected chi connectivity index (χ0v) is 23.9. The molecule has 2 aromatic carbocycles. The highest BCUT2D eigenvalue weighted by Gasteiger charge is 2.39. The first-order valence-corrected chi connectivity index (χ1v) is 13.4. The smallest absolute Gasteiger partial charge is 0.412 e. The van der Waals surface area contributed by atoms with E-state index in [9.17, 15) is 14.4 Å². The third-order valence-corrected chi connectivity index (χ3v) is 7.25. The van der Waals surface area contributed by atoms with E-state index in [1.165, 1.54) is 18.4 Å². The molecule has 0 spiro atoms. The predicted octanol–water partition coefficient (Wildman–Crippen LogP) is 5.75. The largest absolute Gasteiger partial charge is 0.496 e. The lowest BCUT2D eigenvalue weighted by Crippen LogP contribution is -2.52. The average Bonchev–Trinajstić information content (AvgIpc) is 3.31. The summed E-state index contributed by atoms with van der Waals surface area (Å²) in [5.41, 5.74) is 2.58. The lowest BCUT2D eigenvalue weighted by molar-refractivity contribution is -0.121. The first-order valence-electron chi connectivity index (χ1n) is 12.5. The summed E-state index contributed by atoms with van der Waals surface area (Å²) in [6.07, 6.45) is -0.571. The summed E-state index contributed by atoms with van der Waals surface area (Å²) in [5.74, 6) is 0.190. The van der Waals surface area contributed by atoms with E-state index in [4.69, 9.17) is 14.2 Å². The molecule has 0 radical (unpaired) electrons. The van der Waals surface area contributed by atoms with Crippen molar-refractivity contribution in [3.8, 4) is 22.6 Å². The van der Waals surface area contributed by atoms with Crippen LogP contribution in [-0.2, 0) is 16.1 Å². The van der Waals surface area contributed by atoms with Gasteiger partial charge in [0, 0.05) is 35.2 Å². The monoisotopic (exact) mass is 551 g/mol. The molecule has 2 amide bonds. The van der Waals surface area contributed by atoms with Gasteiger partial charge in [-0.1, -0.05) is 6.07 Å². The minimum absolute atomic E-state index is 0.0733. The maximum absolute atomic E-state index is 13.2. The van der Waals surface area contributed by atoms with Crippen LogP contribution in [0.1, 0.15) is 47.8 Å². The van der Waals surface area contributed by atoms with Crippen LogP contribution in [0, 0.1) is 6.92 Å². The Kier molecular flexibility index (Phi) is 7.87. The van der Waals surface area contributed by atoms with Gasteiger partial charge in [-0.05, 0) is 70.5 Å². The van der Waals surface area contributed by atoms with Crippen molar-refractivity contribution >= 4 is 40.7 Å². The number of aryl methyl sites for hydroxylation is 1. The molecule has 0 saturated heterocycles. The highest BCUT2D eigenvalue weighted by Crippen LogP contribution is 2.45. The molecule has 1 aliphatic rings. The number of nitrogens with one attached hydrogen (secondary N) is 2. The lowest BCUT2D eigenvalue weighted by Gasteiger charge is -2.39. The van der Waals surface area contributed by atoms with E-state index in [2.05, 4.69) is 10.6 Å². The molecule has 0 fully saturated rings. The Hall–Kier alpha value is -4.05. The number of esters is 1. The van der Waals surface area contributed by atoms with E-state index >= 15 is 0 Å². The van der Waals surface area contributed by atoms with E-state index in [1.807, 2.05) is 52.8 Å². The van der Waals surface area contributed by atoms with Crippen molar-refractivity contribution in [3.63, 3.8) is 0 Å². The number of carbonyl (C=O) groups excluding carboxylic acids is 3. The van der Waals surface area contributed by atoms with E-state index < -0.39 is 17.6 Å². The fourth-order valence-corrected chi connectivity index (χ4v) is 5.27. The predicted molar refractivity (Wildman–Crippen MR) is 152 cm³/mol. The van der Waals surface area contributed by atoms with Crippen LogP contribution in [0.3, 0.4) is 0 Å². The molecule has 0 aliphatic carbocycles. The molecule has 2 N–H and O–H groups in total. The van der Waals surface area contributed by atoms with Crippen LogP contribution < -0.4 is 25.0 Å². The fraction of sp³-hybridized carbons (Fsp3) is 0.345. The van der Waals surface area contributed by atoms with Gasteiger partial charge >= 0.3 is 12.1 Å². The second-order valence-corrected chi connectivity index (χ2v) is 11.4. The quantitative estimate of drug-likeness (QED) is 0.360. The number of likely N-dealkylation sites (N-methyl/N-ethyl adjacent to an activating group) is 1. The molecule has 0 atom stereocenters. The van der Waals surface area contributed by atoms with Gasteiger partial charge in [-0.2, -0.15) is 0 Å². The van der Waals surface area contributed by atoms with Crippen LogP contribution in [0.2, 0.25) is 0 Å². The van der Waals surface area contributed by atoms with Crippen LogP contribution >= 0.6 is 11.3 Å². The van der Waals surface area contributed by atoms with Crippen molar-refractivity contribution < 1.29 is 28.6 Å². The topological polar surface area (TPSA) is 106 Å². The summed E-state index contributed by atoms with van der Waals surface area (Å²) in [4.78, 5) is 41.3. The zero-order valence-electron chi connectivity index (χ0n) is 23.1. The first-order chi connectivity index (χ1) is 18.4. The Bertz CT molecular complexity index is 1430. The number of rotatable bonds is 7. The van der Waals surface area contributed by atoms with Crippen molar-refractivity contribution in [1.29, 1.82) is 0 Å². The van der Waals surface area contributed by atoms with E-state index in [1.54, 1.807) is 36.2 Å². The second-order valence-electron chi connectivity index (χ2n) is 10.1. The standard InChI is InChI=1S/C29H33N3O6S/c1-16(2)30-28(35)38-18-9-10-20(23(14-18)36-7)19-11-12-22-25(32(6)27(34)29(4,5)31-22)21(19)15-37-26(33)24-13-8-17(3)39-24/h8-14,16,31H,15H2,1-7H3,(H,30,35). The molecule has 1 aromatic heterocycles. The van der Waals surface area contributed by atoms with Crippen LogP contribution in [0.4, 0.5) is 16.2 Å². The molecule has 0 bridgehead atoms. The van der Waals surface area contributed by atoms with E-state index in [-0.39, 0.29) is 18.6 Å². The molecule has 3 aromatic rings. The number of amides is 2. The summed E-state index contributed by atoms with van der Waals surface area (Å²) >= 11 is 1.36. The van der Waals surface area contributed by atoms with E-state index in [0.717, 1.165) is 10.6 Å². The van der Waals surface area contributed by atoms with Crippen LogP contribution in [0.25, 0.3) is 11.1 Å². The third kappa shape index (κ3) is 5.85. The number of benzene rings is 2. The van der Waals surface area contributed by atoms with Gasteiger partial charge in [-0.15, -0.1) is 11.3 Å².